The summed E-state index contributed by atoms with van der Waals surface area (Å²) in [6.07, 6.45) is 0. The number of rotatable bonds is 3. The van der Waals surface area contributed by atoms with Gasteiger partial charge in [-0.2, -0.15) is 4.98 Å². The summed E-state index contributed by atoms with van der Waals surface area (Å²) in [6.45, 7) is 1.82. The molecule has 0 N–H and O–H groups in total. The van der Waals surface area contributed by atoms with Gasteiger partial charge in [0.05, 0.1) is 5.75 Å². The summed E-state index contributed by atoms with van der Waals surface area (Å²) in [5, 5.41) is 3.73. The highest BCUT2D eigenvalue weighted by molar-refractivity contribution is 7.98. The first kappa shape index (κ1) is 9.27. The lowest BCUT2D eigenvalue weighted by Crippen LogP contribution is -1.80. The van der Waals surface area contributed by atoms with E-state index in [1.165, 1.54) is 4.90 Å². The number of thioether (sulfide) groups is 1. The first-order valence-corrected chi connectivity index (χ1v) is 5.30. The van der Waals surface area contributed by atoms with Crippen molar-refractivity contribution in [3.8, 4) is 0 Å². The molecular weight excluding hydrogens is 196 g/mol. The van der Waals surface area contributed by atoms with Crippen LogP contribution in [-0.4, -0.2) is 10.1 Å². The Morgan fingerprint density at radius 1 is 1.29 bits per heavy atom. The summed E-state index contributed by atoms with van der Waals surface area (Å²) < 4.78 is 5.00. The van der Waals surface area contributed by atoms with Crippen molar-refractivity contribution in [1.29, 1.82) is 0 Å². The third-order valence-electron chi connectivity index (χ3n) is 1.68. The Hall–Kier alpha value is -1.29. The number of nitrogens with zero attached hydrogens (tertiary/aromatic N) is 2. The van der Waals surface area contributed by atoms with E-state index in [2.05, 4.69) is 22.3 Å². The van der Waals surface area contributed by atoms with Crippen LogP contribution in [-0.2, 0) is 5.75 Å². The quantitative estimate of drug-likeness (QED) is 0.724. The van der Waals surface area contributed by atoms with Crippen LogP contribution in [0.5, 0.6) is 0 Å². The van der Waals surface area contributed by atoms with Crippen LogP contribution < -0.4 is 0 Å². The van der Waals surface area contributed by atoms with Crippen LogP contribution in [0.1, 0.15) is 11.7 Å². The molecule has 0 atom stereocenters. The highest BCUT2D eigenvalue weighted by Crippen LogP contribution is 2.20. The van der Waals surface area contributed by atoms with Crippen LogP contribution in [0.3, 0.4) is 0 Å². The molecule has 2 rings (SSSR count). The minimum atomic E-state index is 0.677. The lowest BCUT2D eigenvalue weighted by Gasteiger charge is -1.95. The predicted molar refractivity (Wildman–Crippen MR) is 55.0 cm³/mol. The monoisotopic (exact) mass is 206 g/mol. The maximum absolute atomic E-state index is 5.00. The van der Waals surface area contributed by atoms with Crippen LogP contribution in [0, 0.1) is 6.92 Å². The van der Waals surface area contributed by atoms with Crippen molar-refractivity contribution in [3.05, 3.63) is 42.0 Å². The lowest BCUT2D eigenvalue weighted by atomic mass is 10.4. The van der Waals surface area contributed by atoms with Gasteiger partial charge < -0.3 is 4.52 Å². The highest BCUT2D eigenvalue weighted by atomic mass is 32.2. The number of hydrogen-bond acceptors (Lipinski definition) is 4. The molecule has 0 aliphatic rings. The zero-order chi connectivity index (χ0) is 9.80. The number of hydrogen-bond donors (Lipinski definition) is 0. The summed E-state index contributed by atoms with van der Waals surface area (Å²) in [7, 11) is 0. The molecule has 3 nitrogen and oxygen atoms in total. The summed E-state index contributed by atoms with van der Waals surface area (Å²) in [5.41, 5.74) is 0. The summed E-state index contributed by atoms with van der Waals surface area (Å²) in [6, 6.07) is 10.2. The van der Waals surface area contributed by atoms with Crippen molar-refractivity contribution in [2.24, 2.45) is 0 Å². The fourth-order valence-electron chi connectivity index (χ4n) is 1.06. The highest BCUT2D eigenvalue weighted by Gasteiger charge is 2.02. The molecule has 0 radical (unpaired) electrons. The van der Waals surface area contributed by atoms with Crippen molar-refractivity contribution in [3.63, 3.8) is 0 Å². The second-order valence-corrected chi connectivity index (χ2v) is 3.89. The second kappa shape index (κ2) is 4.28. The Bertz CT molecular complexity index is 400. The number of aromatic nitrogens is 2. The first-order chi connectivity index (χ1) is 6.84. The summed E-state index contributed by atoms with van der Waals surface area (Å²) >= 11 is 1.69. The molecule has 1 aromatic carbocycles. The van der Waals surface area contributed by atoms with E-state index >= 15 is 0 Å². The van der Waals surface area contributed by atoms with Gasteiger partial charge >= 0.3 is 0 Å². The molecule has 0 saturated heterocycles. The molecule has 1 aromatic heterocycles. The normalized spacial score (nSPS) is 10.4. The average molecular weight is 206 g/mol. The topological polar surface area (TPSA) is 38.9 Å². The van der Waals surface area contributed by atoms with Gasteiger partial charge in [-0.1, -0.05) is 23.4 Å². The standard InChI is InChI=1S/C10H10N2OS/c1-8-11-10(13-12-8)7-14-9-5-3-2-4-6-9/h2-6H,7H2,1H3. The molecule has 0 amide bonds. The van der Waals surface area contributed by atoms with Gasteiger partial charge in [0.15, 0.2) is 5.82 Å². The zero-order valence-corrected chi connectivity index (χ0v) is 8.62. The molecule has 14 heavy (non-hydrogen) atoms. The Labute approximate surface area is 86.5 Å². The van der Waals surface area contributed by atoms with Crippen LogP contribution in [0.4, 0.5) is 0 Å². The number of benzene rings is 1. The van der Waals surface area contributed by atoms with E-state index in [9.17, 15) is 0 Å². The maximum atomic E-state index is 5.00. The SMILES string of the molecule is Cc1noc(CSc2ccccc2)n1. The third kappa shape index (κ3) is 2.35. The van der Waals surface area contributed by atoms with Crippen molar-refractivity contribution in [1.82, 2.24) is 10.1 Å². The zero-order valence-electron chi connectivity index (χ0n) is 7.80. The third-order valence-corrected chi connectivity index (χ3v) is 2.67. The van der Waals surface area contributed by atoms with Gasteiger partial charge in [-0.25, -0.2) is 0 Å². The van der Waals surface area contributed by atoms with Gasteiger partial charge in [0.2, 0.25) is 5.89 Å². The van der Waals surface area contributed by atoms with Gasteiger partial charge in [-0.15, -0.1) is 11.8 Å². The van der Waals surface area contributed by atoms with E-state index in [4.69, 9.17) is 4.52 Å². The Morgan fingerprint density at radius 2 is 2.07 bits per heavy atom. The van der Waals surface area contributed by atoms with Gasteiger partial charge in [-0.05, 0) is 19.1 Å². The van der Waals surface area contributed by atoms with Gasteiger partial charge in [0.1, 0.15) is 0 Å². The van der Waals surface area contributed by atoms with Crippen molar-refractivity contribution >= 4 is 11.8 Å². The maximum Gasteiger partial charge on any atom is 0.236 e. The molecular formula is C10H10N2OS. The Balaban J connectivity index is 1.95. The fourth-order valence-corrected chi connectivity index (χ4v) is 1.82. The van der Waals surface area contributed by atoms with E-state index in [-0.39, 0.29) is 0 Å². The van der Waals surface area contributed by atoms with Crippen LogP contribution in [0.2, 0.25) is 0 Å². The van der Waals surface area contributed by atoms with Gasteiger partial charge in [-0.3, -0.25) is 0 Å². The van der Waals surface area contributed by atoms with Crippen molar-refractivity contribution in [2.45, 2.75) is 17.6 Å². The molecule has 0 aliphatic carbocycles. The average Bonchev–Trinajstić information content (AvgIpc) is 2.63. The first-order valence-electron chi connectivity index (χ1n) is 4.31. The van der Waals surface area contributed by atoms with Crippen molar-refractivity contribution < 1.29 is 4.52 Å². The Kier molecular flexibility index (Phi) is 2.84. The number of aryl methyl sites for hydroxylation is 1. The lowest BCUT2D eigenvalue weighted by molar-refractivity contribution is 0.387. The molecule has 0 fully saturated rings. The molecule has 0 unspecified atom stereocenters. The van der Waals surface area contributed by atoms with Crippen LogP contribution >= 0.6 is 11.8 Å². The summed E-state index contributed by atoms with van der Waals surface area (Å²) in [4.78, 5) is 5.34. The molecule has 0 spiro atoms. The molecule has 0 aliphatic heterocycles. The molecule has 72 valence electrons. The van der Waals surface area contributed by atoms with Gasteiger partial charge in [0.25, 0.3) is 0 Å². The molecule has 0 bridgehead atoms. The van der Waals surface area contributed by atoms with E-state index < -0.39 is 0 Å². The van der Waals surface area contributed by atoms with Crippen LogP contribution in [0.25, 0.3) is 0 Å². The summed E-state index contributed by atoms with van der Waals surface area (Å²) in [5.74, 6) is 2.09. The molecule has 2 aromatic rings. The second-order valence-electron chi connectivity index (χ2n) is 2.84. The van der Waals surface area contributed by atoms with Gasteiger partial charge in [0, 0.05) is 4.90 Å². The minimum absolute atomic E-state index is 0.677. The van der Waals surface area contributed by atoms with E-state index in [0.29, 0.717) is 11.7 Å². The Morgan fingerprint density at radius 3 is 2.71 bits per heavy atom. The fraction of sp³-hybridized carbons (Fsp3) is 0.200. The predicted octanol–water partition coefficient (Wildman–Crippen LogP) is 2.67. The molecule has 1 heterocycles. The molecule has 4 heteroatoms. The van der Waals surface area contributed by atoms with Crippen LogP contribution in [0.15, 0.2) is 39.8 Å². The molecule has 0 saturated carbocycles. The largest absolute Gasteiger partial charge is 0.338 e. The van der Waals surface area contributed by atoms with E-state index in [1.807, 2.05) is 25.1 Å². The smallest absolute Gasteiger partial charge is 0.236 e. The van der Waals surface area contributed by atoms with E-state index in [1.54, 1.807) is 11.8 Å². The van der Waals surface area contributed by atoms with E-state index in [0.717, 1.165) is 5.75 Å². The minimum Gasteiger partial charge on any atom is -0.338 e. The van der Waals surface area contributed by atoms with Crippen molar-refractivity contribution in [2.75, 3.05) is 0 Å².